The zero-order chi connectivity index (χ0) is 19.3. The normalized spacial score (nSPS) is 10.8. The highest BCUT2D eigenvalue weighted by Gasteiger charge is 2.13. The molecule has 0 atom stereocenters. The topological polar surface area (TPSA) is 81.9 Å². The summed E-state index contributed by atoms with van der Waals surface area (Å²) in [5.41, 5.74) is 2.35. The molecule has 0 saturated carbocycles. The van der Waals surface area contributed by atoms with Gasteiger partial charge in [-0.25, -0.2) is 14.6 Å². The SMILES string of the molecule is COc1ccc(NC(=O)CSc2ncnc3c2cnn3-c2ccccc2)cc1. The van der Waals surface area contributed by atoms with Crippen molar-refractivity contribution < 1.29 is 9.53 Å². The van der Waals surface area contributed by atoms with Crippen LogP contribution in [0.25, 0.3) is 16.7 Å². The lowest BCUT2D eigenvalue weighted by Gasteiger charge is -2.06. The Labute approximate surface area is 165 Å². The monoisotopic (exact) mass is 391 g/mol. The zero-order valence-corrected chi connectivity index (χ0v) is 15.9. The van der Waals surface area contributed by atoms with Crippen molar-refractivity contribution in [1.29, 1.82) is 0 Å². The molecule has 0 spiro atoms. The van der Waals surface area contributed by atoms with Gasteiger partial charge in [0.05, 0.1) is 30.1 Å². The lowest BCUT2D eigenvalue weighted by Crippen LogP contribution is -2.14. The highest BCUT2D eigenvalue weighted by atomic mass is 32.2. The van der Waals surface area contributed by atoms with E-state index in [0.717, 1.165) is 27.5 Å². The molecule has 0 aliphatic heterocycles. The van der Waals surface area contributed by atoms with E-state index in [9.17, 15) is 4.79 Å². The second kappa shape index (κ2) is 8.10. The van der Waals surface area contributed by atoms with Crippen LogP contribution < -0.4 is 10.1 Å². The predicted molar refractivity (Wildman–Crippen MR) is 109 cm³/mol. The number of hydrogen-bond acceptors (Lipinski definition) is 6. The number of para-hydroxylation sites is 1. The molecule has 4 rings (SSSR count). The summed E-state index contributed by atoms with van der Waals surface area (Å²) in [6.07, 6.45) is 3.22. The highest BCUT2D eigenvalue weighted by Crippen LogP contribution is 2.26. The summed E-state index contributed by atoms with van der Waals surface area (Å²) in [6.45, 7) is 0. The molecule has 0 radical (unpaired) electrons. The number of benzene rings is 2. The average Bonchev–Trinajstić information content (AvgIpc) is 3.18. The first-order valence-electron chi connectivity index (χ1n) is 8.55. The number of thioether (sulfide) groups is 1. The van der Waals surface area contributed by atoms with Gasteiger partial charge in [0.1, 0.15) is 17.1 Å². The molecule has 7 nitrogen and oxygen atoms in total. The van der Waals surface area contributed by atoms with E-state index in [0.29, 0.717) is 5.65 Å². The van der Waals surface area contributed by atoms with E-state index < -0.39 is 0 Å². The van der Waals surface area contributed by atoms with Gasteiger partial charge in [-0.2, -0.15) is 5.10 Å². The van der Waals surface area contributed by atoms with Crippen molar-refractivity contribution in [2.45, 2.75) is 5.03 Å². The molecule has 140 valence electrons. The molecule has 2 aromatic carbocycles. The van der Waals surface area contributed by atoms with Gasteiger partial charge >= 0.3 is 0 Å². The fourth-order valence-corrected chi connectivity index (χ4v) is 3.46. The van der Waals surface area contributed by atoms with Crippen molar-refractivity contribution in [2.24, 2.45) is 0 Å². The van der Waals surface area contributed by atoms with Crippen LogP contribution >= 0.6 is 11.8 Å². The van der Waals surface area contributed by atoms with Gasteiger partial charge in [-0.05, 0) is 36.4 Å². The van der Waals surface area contributed by atoms with Crippen molar-refractivity contribution in [3.8, 4) is 11.4 Å². The lowest BCUT2D eigenvalue weighted by atomic mass is 10.3. The molecule has 1 N–H and O–H groups in total. The number of methoxy groups -OCH3 is 1. The molecular weight excluding hydrogens is 374 g/mol. The molecule has 1 amide bonds. The van der Waals surface area contributed by atoms with Crippen molar-refractivity contribution in [2.75, 3.05) is 18.2 Å². The summed E-state index contributed by atoms with van der Waals surface area (Å²) in [4.78, 5) is 20.9. The number of anilines is 1. The van der Waals surface area contributed by atoms with E-state index in [2.05, 4.69) is 20.4 Å². The van der Waals surface area contributed by atoms with Crippen LogP contribution in [0.2, 0.25) is 0 Å². The van der Waals surface area contributed by atoms with Gasteiger partial charge in [-0.15, -0.1) is 0 Å². The maximum absolute atomic E-state index is 12.3. The van der Waals surface area contributed by atoms with E-state index in [-0.39, 0.29) is 11.7 Å². The molecule has 0 aliphatic rings. The summed E-state index contributed by atoms with van der Waals surface area (Å²) in [5, 5.41) is 8.82. The first-order valence-corrected chi connectivity index (χ1v) is 9.54. The quantitative estimate of drug-likeness (QED) is 0.400. The van der Waals surface area contributed by atoms with Crippen LogP contribution in [0.4, 0.5) is 5.69 Å². The van der Waals surface area contributed by atoms with Gasteiger partial charge in [0.2, 0.25) is 5.91 Å². The molecule has 0 saturated heterocycles. The predicted octanol–water partition coefficient (Wildman–Crippen LogP) is 3.55. The van der Waals surface area contributed by atoms with Gasteiger partial charge in [0, 0.05) is 5.69 Å². The Morgan fingerprint density at radius 3 is 2.64 bits per heavy atom. The zero-order valence-electron chi connectivity index (χ0n) is 15.1. The Hall–Kier alpha value is -3.39. The number of carbonyl (C=O) groups excluding carboxylic acids is 1. The number of nitrogens with zero attached hydrogens (tertiary/aromatic N) is 4. The first kappa shape index (κ1) is 18.0. The summed E-state index contributed by atoms with van der Waals surface area (Å²) in [5.74, 6) is 0.859. The van der Waals surface area contributed by atoms with Gasteiger partial charge in [0.25, 0.3) is 0 Å². The Bertz CT molecular complexity index is 1100. The lowest BCUT2D eigenvalue weighted by molar-refractivity contribution is -0.113. The van der Waals surface area contributed by atoms with Crippen LogP contribution in [0.15, 0.2) is 72.1 Å². The molecule has 2 aromatic heterocycles. The van der Waals surface area contributed by atoms with Gasteiger partial charge < -0.3 is 10.1 Å². The third kappa shape index (κ3) is 3.81. The Morgan fingerprint density at radius 1 is 1.11 bits per heavy atom. The van der Waals surface area contributed by atoms with E-state index in [1.54, 1.807) is 42.3 Å². The molecule has 0 aliphatic carbocycles. The molecule has 0 unspecified atom stereocenters. The van der Waals surface area contributed by atoms with Crippen LogP contribution in [0.1, 0.15) is 0 Å². The van der Waals surface area contributed by atoms with Crippen molar-refractivity contribution in [1.82, 2.24) is 19.7 Å². The number of rotatable bonds is 6. The number of amides is 1. The second-order valence-electron chi connectivity index (χ2n) is 5.87. The Balaban J connectivity index is 1.47. The van der Waals surface area contributed by atoms with Crippen LogP contribution in [-0.2, 0) is 4.79 Å². The third-order valence-corrected chi connectivity index (χ3v) is 5.05. The molecule has 28 heavy (non-hydrogen) atoms. The molecule has 0 fully saturated rings. The second-order valence-corrected chi connectivity index (χ2v) is 6.84. The summed E-state index contributed by atoms with van der Waals surface area (Å²) in [6, 6.07) is 17.0. The molecule has 4 aromatic rings. The third-order valence-electron chi connectivity index (χ3n) is 4.04. The number of aromatic nitrogens is 4. The van der Waals surface area contributed by atoms with Crippen molar-refractivity contribution >= 4 is 34.4 Å². The fourth-order valence-electron chi connectivity index (χ4n) is 2.70. The van der Waals surface area contributed by atoms with E-state index in [1.165, 1.54) is 18.1 Å². The number of hydrogen-bond donors (Lipinski definition) is 1. The van der Waals surface area contributed by atoms with E-state index in [1.807, 2.05) is 30.3 Å². The fraction of sp³-hybridized carbons (Fsp3) is 0.100. The van der Waals surface area contributed by atoms with Crippen molar-refractivity contribution in [3.05, 3.63) is 67.1 Å². The first-order chi connectivity index (χ1) is 13.7. The largest absolute Gasteiger partial charge is 0.497 e. The highest BCUT2D eigenvalue weighted by molar-refractivity contribution is 8.00. The standard InChI is InChI=1S/C20H17N5O2S/c1-27-16-9-7-14(8-10-16)24-18(26)12-28-20-17-11-23-25(19(17)21-13-22-20)15-5-3-2-4-6-15/h2-11,13H,12H2,1H3,(H,24,26). The molecule has 8 heteroatoms. The summed E-state index contributed by atoms with van der Waals surface area (Å²) >= 11 is 1.35. The number of carbonyl (C=O) groups is 1. The minimum Gasteiger partial charge on any atom is -0.497 e. The van der Waals surface area contributed by atoms with Crippen LogP contribution in [0.5, 0.6) is 5.75 Å². The maximum atomic E-state index is 12.3. The maximum Gasteiger partial charge on any atom is 0.234 e. The van der Waals surface area contributed by atoms with Crippen LogP contribution in [0.3, 0.4) is 0 Å². The minimum absolute atomic E-state index is 0.114. The minimum atomic E-state index is -0.114. The van der Waals surface area contributed by atoms with E-state index in [4.69, 9.17) is 4.74 Å². The van der Waals surface area contributed by atoms with Crippen LogP contribution in [-0.4, -0.2) is 38.5 Å². The Kier molecular flexibility index (Phi) is 5.20. The smallest absolute Gasteiger partial charge is 0.234 e. The summed E-state index contributed by atoms with van der Waals surface area (Å²) < 4.78 is 6.88. The van der Waals surface area contributed by atoms with Gasteiger partial charge in [-0.3, -0.25) is 4.79 Å². The van der Waals surface area contributed by atoms with Gasteiger partial charge in [0.15, 0.2) is 5.65 Å². The molecule has 2 heterocycles. The Morgan fingerprint density at radius 2 is 1.89 bits per heavy atom. The summed E-state index contributed by atoms with van der Waals surface area (Å²) in [7, 11) is 1.60. The average molecular weight is 391 g/mol. The van der Waals surface area contributed by atoms with Gasteiger partial charge in [-0.1, -0.05) is 30.0 Å². The van der Waals surface area contributed by atoms with Crippen molar-refractivity contribution in [3.63, 3.8) is 0 Å². The molecule has 0 bridgehead atoms. The number of ether oxygens (including phenoxy) is 1. The molecular formula is C20H17N5O2S. The van der Waals surface area contributed by atoms with E-state index >= 15 is 0 Å². The number of nitrogens with one attached hydrogen (secondary N) is 1. The van der Waals surface area contributed by atoms with Crippen LogP contribution in [0, 0.1) is 0 Å². The number of fused-ring (bicyclic) bond motifs is 1.